The summed E-state index contributed by atoms with van der Waals surface area (Å²) in [5, 5.41) is 11.9. The van der Waals surface area contributed by atoms with Gasteiger partial charge in [-0.2, -0.15) is 0 Å². The van der Waals surface area contributed by atoms with Crippen LogP contribution in [0.2, 0.25) is 5.02 Å². The van der Waals surface area contributed by atoms with Crippen molar-refractivity contribution in [1.82, 2.24) is 20.1 Å². The minimum Gasteiger partial charge on any atom is -0.486 e. The molecule has 1 saturated carbocycles. The van der Waals surface area contributed by atoms with E-state index in [1.807, 2.05) is 7.05 Å². The monoisotopic (exact) mass is 398 g/mol. The van der Waals surface area contributed by atoms with Crippen molar-refractivity contribution in [2.45, 2.75) is 43.5 Å². The Balaban J connectivity index is 1.50. The molecular weight excluding hydrogens is 379 g/mol. The van der Waals surface area contributed by atoms with Crippen LogP contribution in [0.4, 0.5) is 4.39 Å². The number of carbonyl (C=O) groups excluding carboxylic acids is 1. The molecule has 1 aliphatic rings. The van der Waals surface area contributed by atoms with Crippen molar-refractivity contribution < 1.29 is 13.9 Å². The second kappa shape index (κ2) is 8.73. The van der Waals surface area contributed by atoms with E-state index in [0.717, 1.165) is 12.8 Å². The quantitative estimate of drug-likeness (QED) is 0.724. The summed E-state index contributed by atoms with van der Waals surface area (Å²) >= 11 is 7.07. The molecule has 0 radical (unpaired) electrons. The van der Waals surface area contributed by atoms with Crippen LogP contribution >= 0.6 is 23.4 Å². The molecule has 0 aliphatic heterocycles. The summed E-state index contributed by atoms with van der Waals surface area (Å²) in [5.41, 5.74) is 0. The number of amides is 1. The number of nitrogens with zero attached hydrogens (tertiary/aromatic N) is 3. The Morgan fingerprint density at radius 2 is 2.19 bits per heavy atom. The smallest absolute Gasteiger partial charge is 0.230 e. The molecule has 0 saturated heterocycles. The van der Waals surface area contributed by atoms with E-state index in [1.165, 1.54) is 42.8 Å². The van der Waals surface area contributed by atoms with E-state index in [1.54, 1.807) is 4.57 Å². The molecule has 1 aliphatic carbocycles. The van der Waals surface area contributed by atoms with Gasteiger partial charge in [0.2, 0.25) is 5.91 Å². The van der Waals surface area contributed by atoms with Gasteiger partial charge >= 0.3 is 0 Å². The first-order chi connectivity index (χ1) is 12.5. The van der Waals surface area contributed by atoms with Crippen molar-refractivity contribution in [3.8, 4) is 5.75 Å². The van der Waals surface area contributed by atoms with E-state index in [2.05, 4.69) is 15.5 Å². The minimum atomic E-state index is -0.493. The molecule has 1 aromatic carbocycles. The van der Waals surface area contributed by atoms with Gasteiger partial charge in [-0.25, -0.2) is 4.39 Å². The highest BCUT2D eigenvalue weighted by atomic mass is 35.5. The van der Waals surface area contributed by atoms with Crippen LogP contribution in [-0.2, 0) is 18.4 Å². The number of nitrogens with one attached hydrogen (secondary N) is 1. The summed E-state index contributed by atoms with van der Waals surface area (Å²) in [6.45, 7) is 0.167. The third-order valence-electron chi connectivity index (χ3n) is 4.24. The van der Waals surface area contributed by atoms with Crippen molar-refractivity contribution in [2.75, 3.05) is 5.75 Å². The lowest BCUT2D eigenvalue weighted by Gasteiger charge is -2.11. The van der Waals surface area contributed by atoms with E-state index in [0.29, 0.717) is 28.5 Å². The number of hydrogen-bond donors (Lipinski definition) is 1. The lowest BCUT2D eigenvalue weighted by atomic mass is 10.2. The van der Waals surface area contributed by atoms with Crippen LogP contribution in [0, 0.1) is 5.82 Å². The Hall–Kier alpha value is -1.80. The molecule has 0 atom stereocenters. The first-order valence-corrected chi connectivity index (χ1v) is 9.77. The van der Waals surface area contributed by atoms with E-state index in [9.17, 15) is 9.18 Å². The predicted molar refractivity (Wildman–Crippen MR) is 97.9 cm³/mol. The van der Waals surface area contributed by atoms with Gasteiger partial charge in [0.05, 0.1) is 10.8 Å². The summed E-state index contributed by atoms with van der Waals surface area (Å²) in [6, 6.07) is 4.48. The molecule has 1 amide bonds. The van der Waals surface area contributed by atoms with Crippen molar-refractivity contribution >= 4 is 29.3 Å². The molecule has 1 N–H and O–H groups in total. The van der Waals surface area contributed by atoms with Gasteiger partial charge in [-0.1, -0.05) is 36.2 Å². The molecule has 1 heterocycles. The normalized spacial score (nSPS) is 14.6. The number of halogens is 2. The minimum absolute atomic E-state index is 0.00462. The molecule has 0 unspecified atom stereocenters. The van der Waals surface area contributed by atoms with Gasteiger partial charge in [-0.05, 0) is 25.0 Å². The molecule has 2 aromatic rings. The molecular formula is C17H20ClFN4O2S. The van der Waals surface area contributed by atoms with Crippen LogP contribution in [0.5, 0.6) is 5.75 Å². The van der Waals surface area contributed by atoms with Crippen molar-refractivity contribution in [3.63, 3.8) is 0 Å². The van der Waals surface area contributed by atoms with Crippen LogP contribution in [0.25, 0.3) is 0 Å². The van der Waals surface area contributed by atoms with Gasteiger partial charge < -0.3 is 14.6 Å². The fourth-order valence-electron chi connectivity index (χ4n) is 2.78. The van der Waals surface area contributed by atoms with E-state index in [4.69, 9.17) is 16.3 Å². The lowest BCUT2D eigenvalue weighted by molar-refractivity contribution is -0.119. The molecule has 0 spiro atoms. The van der Waals surface area contributed by atoms with E-state index >= 15 is 0 Å². The number of benzene rings is 1. The van der Waals surface area contributed by atoms with Crippen molar-refractivity contribution in [3.05, 3.63) is 34.9 Å². The van der Waals surface area contributed by atoms with E-state index in [-0.39, 0.29) is 17.5 Å². The Bertz CT molecular complexity index is 780. The largest absolute Gasteiger partial charge is 0.486 e. The molecule has 140 valence electrons. The molecule has 9 heteroatoms. The van der Waals surface area contributed by atoms with Crippen molar-refractivity contribution in [2.24, 2.45) is 7.05 Å². The number of rotatable bonds is 7. The highest BCUT2D eigenvalue weighted by Gasteiger charge is 2.18. The third kappa shape index (κ3) is 4.88. The molecule has 1 fully saturated rings. The summed E-state index contributed by atoms with van der Waals surface area (Å²) in [5.74, 6) is 0.876. The maximum Gasteiger partial charge on any atom is 0.230 e. The fourth-order valence-corrected chi connectivity index (χ4v) is 3.69. The molecule has 6 nitrogen and oxygen atoms in total. The second-order valence-electron chi connectivity index (χ2n) is 6.16. The maximum atomic E-state index is 13.2. The predicted octanol–water partition coefficient (Wildman–Crippen LogP) is 3.34. The summed E-state index contributed by atoms with van der Waals surface area (Å²) in [7, 11) is 1.81. The van der Waals surface area contributed by atoms with E-state index < -0.39 is 5.82 Å². The Morgan fingerprint density at radius 3 is 2.92 bits per heavy atom. The molecule has 1 aromatic heterocycles. The fraction of sp³-hybridized carbons (Fsp3) is 0.471. The van der Waals surface area contributed by atoms with Gasteiger partial charge in [-0.3, -0.25) is 4.79 Å². The molecule has 26 heavy (non-hydrogen) atoms. The third-order valence-corrected chi connectivity index (χ3v) is 5.55. The van der Waals surface area contributed by atoms with Gasteiger partial charge in [0.25, 0.3) is 0 Å². The first-order valence-electron chi connectivity index (χ1n) is 8.41. The van der Waals surface area contributed by atoms with Crippen LogP contribution in [0.1, 0.15) is 31.5 Å². The van der Waals surface area contributed by atoms with Crippen LogP contribution in [0.3, 0.4) is 0 Å². The van der Waals surface area contributed by atoms with Gasteiger partial charge in [0, 0.05) is 19.2 Å². The number of carbonyl (C=O) groups is 1. The van der Waals surface area contributed by atoms with Crippen LogP contribution in [-0.4, -0.2) is 32.5 Å². The number of aromatic nitrogens is 3. The Labute approximate surface area is 160 Å². The zero-order valence-electron chi connectivity index (χ0n) is 14.4. The zero-order valence-corrected chi connectivity index (χ0v) is 15.9. The standard InChI is InChI=1S/C17H20ClFN4O2S/c1-23-15(9-25-12-6-7-14(19)13(18)8-12)21-22-17(23)26-10-16(24)20-11-4-2-3-5-11/h6-8,11H,2-5,9-10H2,1H3,(H,20,24). The highest BCUT2D eigenvalue weighted by Crippen LogP contribution is 2.23. The number of thioether (sulfide) groups is 1. The Morgan fingerprint density at radius 1 is 1.42 bits per heavy atom. The summed E-state index contributed by atoms with van der Waals surface area (Å²) in [6.07, 6.45) is 4.50. The topological polar surface area (TPSA) is 69.0 Å². The van der Waals surface area contributed by atoms with Crippen LogP contribution in [0.15, 0.2) is 23.4 Å². The lowest BCUT2D eigenvalue weighted by Crippen LogP contribution is -2.33. The Kier molecular flexibility index (Phi) is 6.37. The first kappa shape index (κ1) is 19.0. The van der Waals surface area contributed by atoms with Gasteiger partial charge in [0.15, 0.2) is 11.0 Å². The second-order valence-corrected chi connectivity index (χ2v) is 7.51. The summed E-state index contributed by atoms with van der Waals surface area (Å²) in [4.78, 5) is 12.0. The average Bonchev–Trinajstić information content (AvgIpc) is 3.24. The SMILES string of the molecule is Cn1c(COc2ccc(F)c(Cl)c2)nnc1SCC(=O)NC1CCCC1. The highest BCUT2D eigenvalue weighted by molar-refractivity contribution is 7.99. The average molecular weight is 399 g/mol. The van der Waals surface area contributed by atoms with Crippen molar-refractivity contribution in [1.29, 1.82) is 0 Å². The maximum absolute atomic E-state index is 13.2. The van der Waals surface area contributed by atoms with Gasteiger partial charge in [-0.15, -0.1) is 10.2 Å². The van der Waals surface area contributed by atoms with Gasteiger partial charge in [0.1, 0.15) is 18.2 Å². The van der Waals surface area contributed by atoms with Crippen LogP contribution < -0.4 is 10.1 Å². The summed E-state index contributed by atoms with van der Waals surface area (Å²) < 4.78 is 20.5. The molecule has 3 rings (SSSR count). The zero-order chi connectivity index (χ0) is 18.5. The molecule has 0 bridgehead atoms. The number of hydrogen-bond acceptors (Lipinski definition) is 5. The number of ether oxygens (including phenoxy) is 1.